The van der Waals surface area contributed by atoms with Crippen molar-refractivity contribution in [2.24, 2.45) is 0 Å². The van der Waals surface area contributed by atoms with Gasteiger partial charge in [0.1, 0.15) is 0 Å². The van der Waals surface area contributed by atoms with Crippen LogP contribution in [0.5, 0.6) is 0 Å². The zero-order chi connectivity index (χ0) is 16.7. The highest BCUT2D eigenvalue weighted by Crippen LogP contribution is 2.17. The van der Waals surface area contributed by atoms with Crippen LogP contribution in [0.2, 0.25) is 0 Å². The van der Waals surface area contributed by atoms with Crippen LogP contribution in [-0.4, -0.2) is 21.4 Å². The number of benzene rings is 2. The lowest BCUT2D eigenvalue weighted by Crippen LogP contribution is -1.95. The van der Waals surface area contributed by atoms with Crippen molar-refractivity contribution in [1.82, 2.24) is 0 Å². The number of nitrogens with zero attached hydrogens (tertiary/aromatic N) is 2. The Kier molecular flexibility index (Phi) is 6.10. The van der Waals surface area contributed by atoms with E-state index in [1.165, 1.54) is 12.1 Å². The van der Waals surface area contributed by atoms with E-state index in [1.807, 2.05) is 12.1 Å². The molecule has 0 aromatic heterocycles. The molecule has 0 aliphatic heterocycles. The standard InChI is InChI=1S/C16H16N2O4S/c19-17(20)15-5-1-3-13(11-15)7-9-23-10-8-14-4-2-6-16(12-14)18(21)22/h1-6,11-12H,7-10H2. The Labute approximate surface area is 137 Å². The maximum absolute atomic E-state index is 10.7. The summed E-state index contributed by atoms with van der Waals surface area (Å²) in [4.78, 5) is 20.6. The predicted molar refractivity (Wildman–Crippen MR) is 90.9 cm³/mol. The summed E-state index contributed by atoms with van der Waals surface area (Å²) in [6.45, 7) is 0. The van der Waals surface area contributed by atoms with Crippen LogP contribution in [0.15, 0.2) is 48.5 Å². The lowest BCUT2D eigenvalue weighted by atomic mass is 10.1. The Hall–Kier alpha value is -2.41. The minimum Gasteiger partial charge on any atom is -0.258 e. The van der Waals surface area contributed by atoms with Gasteiger partial charge >= 0.3 is 0 Å². The predicted octanol–water partition coefficient (Wildman–Crippen LogP) is 4.02. The van der Waals surface area contributed by atoms with Crippen LogP contribution in [0, 0.1) is 20.2 Å². The second-order valence-corrected chi connectivity index (χ2v) is 6.19. The topological polar surface area (TPSA) is 86.3 Å². The normalized spacial score (nSPS) is 10.4. The summed E-state index contributed by atoms with van der Waals surface area (Å²) in [6, 6.07) is 13.3. The quantitative estimate of drug-likeness (QED) is 0.414. The maximum Gasteiger partial charge on any atom is 0.269 e. The van der Waals surface area contributed by atoms with Crippen molar-refractivity contribution >= 4 is 23.1 Å². The van der Waals surface area contributed by atoms with E-state index in [2.05, 4.69) is 0 Å². The van der Waals surface area contributed by atoms with Crippen LogP contribution in [0.1, 0.15) is 11.1 Å². The average molecular weight is 332 g/mol. The van der Waals surface area contributed by atoms with Crippen molar-refractivity contribution in [2.45, 2.75) is 12.8 Å². The van der Waals surface area contributed by atoms with Gasteiger partial charge < -0.3 is 0 Å². The molecule has 0 N–H and O–H groups in total. The summed E-state index contributed by atoms with van der Waals surface area (Å²) in [5.74, 6) is 1.71. The van der Waals surface area contributed by atoms with E-state index in [1.54, 1.807) is 36.0 Å². The highest BCUT2D eigenvalue weighted by atomic mass is 32.2. The molecular weight excluding hydrogens is 316 g/mol. The van der Waals surface area contributed by atoms with Crippen LogP contribution >= 0.6 is 11.8 Å². The Morgan fingerprint density at radius 3 is 1.61 bits per heavy atom. The van der Waals surface area contributed by atoms with Crippen molar-refractivity contribution in [3.63, 3.8) is 0 Å². The fraction of sp³-hybridized carbons (Fsp3) is 0.250. The van der Waals surface area contributed by atoms with E-state index in [0.29, 0.717) is 0 Å². The molecule has 2 aromatic carbocycles. The largest absolute Gasteiger partial charge is 0.269 e. The molecule has 0 unspecified atom stereocenters. The molecule has 2 aromatic rings. The second-order valence-electron chi connectivity index (χ2n) is 4.97. The van der Waals surface area contributed by atoms with Crippen molar-refractivity contribution in [3.05, 3.63) is 79.9 Å². The van der Waals surface area contributed by atoms with Gasteiger partial charge in [-0.05, 0) is 35.5 Å². The molecule has 0 fully saturated rings. The Morgan fingerprint density at radius 1 is 0.783 bits per heavy atom. The van der Waals surface area contributed by atoms with Gasteiger partial charge in [-0.15, -0.1) is 0 Å². The molecule has 7 heteroatoms. The SMILES string of the molecule is O=[N+]([O-])c1cccc(CCSCCc2cccc([N+](=O)[O-])c2)c1. The summed E-state index contributed by atoms with van der Waals surface area (Å²) < 4.78 is 0. The third-order valence-electron chi connectivity index (χ3n) is 3.31. The van der Waals surface area contributed by atoms with E-state index in [0.717, 1.165) is 35.5 Å². The number of aryl methyl sites for hydroxylation is 2. The summed E-state index contributed by atoms with van der Waals surface area (Å²) in [7, 11) is 0. The Morgan fingerprint density at radius 2 is 1.22 bits per heavy atom. The number of thioether (sulfide) groups is 1. The molecule has 0 amide bonds. The van der Waals surface area contributed by atoms with Gasteiger partial charge in [0.25, 0.3) is 11.4 Å². The Balaban J connectivity index is 1.76. The molecule has 0 bridgehead atoms. The molecule has 2 rings (SSSR count). The van der Waals surface area contributed by atoms with Crippen molar-refractivity contribution in [1.29, 1.82) is 0 Å². The molecule has 0 radical (unpaired) electrons. The summed E-state index contributed by atoms with van der Waals surface area (Å²) in [5, 5.41) is 21.4. The molecule has 0 aliphatic rings. The molecular formula is C16H16N2O4S. The van der Waals surface area contributed by atoms with Gasteiger partial charge in [-0.3, -0.25) is 20.2 Å². The molecule has 23 heavy (non-hydrogen) atoms. The van der Waals surface area contributed by atoms with Gasteiger partial charge in [0.2, 0.25) is 0 Å². The van der Waals surface area contributed by atoms with E-state index < -0.39 is 0 Å². The first-order chi connectivity index (χ1) is 11.1. The van der Waals surface area contributed by atoms with E-state index in [4.69, 9.17) is 0 Å². The minimum absolute atomic E-state index is 0.115. The monoisotopic (exact) mass is 332 g/mol. The zero-order valence-electron chi connectivity index (χ0n) is 12.4. The van der Waals surface area contributed by atoms with E-state index >= 15 is 0 Å². The van der Waals surface area contributed by atoms with E-state index in [9.17, 15) is 20.2 Å². The first-order valence-electron chi connectivity index (χ1n) is 7.10. The molecule has 0 aliphatic carbocycles. The molecule has 0 atom stereocenters. The summed E-state index contributed by atoms with van der Waals surface area (Å²) in [6.07, 6.45) is 1.53. The van der Waals surface area contributed by atoms with Crippen LogP contribution in [-0.2, 0) is 12.8 Å². The number of non-ortho nitro benzene ring substituents is 2. The van der Waals surface area contributed by atoms with Crippen molar-refractivity contribution in [3.8, 4) is 0 Å². The van der Waals surface area contributed by atoms with Crippen LogP contribution < -0.4 is 0 Å². The van der Waals surface area contributed by atoms with E-state index in [-0.39, 0.29) is 21.2 Å². The molecule has 0 saturated heterocycles. The lowest BCUT2D eigenvalue weighted by molar-refractivity contribution is -0.385. The highest BCUT2D eigenvalue weighted by Gasteiger charge is 2.06. The third-order valence-corrected chi connectivity index (χ3v) is 4.30. The number of rotatable bonds is 8. The van der Waals surface area contributed by atoms with Crippen molar-refractivity contribution < 1.29 is 9.85 Å². The first-order valence-corrected chi connectivity index (χ1v) is 8.26. The zero-order valence-corrected chi connectivity index (χ0v) is 13.2. The summed E-state index contributed by atoms with van der Waals surface area (Å²) >= 11 is 1.73. The van der Waals surface area contributed by atoms with Gasteiger partial charge in [-0.2, -0.15) is 11.8 Å². The number of nitro groups is 2. The number of hydrogen-bond donors (Lipinski definition) is 0. The fourth-order valence-corrected chi connectivity index (χ4v) is 3.10. The molecule has 120 valence electrons. The van der Waals surface area contributed by atoms with Gasteiger partial charge in [-0.25, -0.2) is 0 Å². The number of nitro benzene ring substituents is 2. The molecule has 0 heterocycles. The number of hydrogen-bond acceptors (Lipinski definition) is 5. The third kappa shape index (κ3) is 5.37. The Bertz CT molecular complexity index is 646. The van der Waals surface area contributed by atoms with Crippen LogP contribution in [0.3, 0.4) is 0 Å². The second kappa shape index (κ2) is 8.28. The fourth-order valence-electron chi connectivity index (χ4n) is 2.13. The summed E-state index contributed by atoms with van der Waals surface area (Å²) in [5.41, 5.74) is 2.12. The molecule has 0 saturated carbocycles. The minimum atomic E-state index is -0.390. The molecule has 6 nitrogen and oxygen atoms in total. The lowest BCUT2D eigenvalue weighted by Gasteiger charge is -2.03. The van der Waals surface area contributed by atoms with Gasteiger partial charge in [0, 0.05) is 24.3 Å². The highest BCUT2D eigenvalue weighted by molar-refractivity contribution is 7.99. The van der Waals surface area contributed by atoms with Gasteiger partial charge in [-0.1, -0.05) is 24.3 Å². The smallest absolute Gasteiger partial charge is 0.258 e. The maximum atomic E-state index is 10.7. The first kappa shape index (κ1) is 17.0. The van der Waals surface area contributed by atoms with Gasteiger partial charge in [0.05, 0.1) is 9.85 Å². The van der Waals surface area contributed by atoms with Crippen LogP contribution in [0.25, 0.3) is 0 Å². The van der Waals surface area contributed by atoms with Crippen molar-refractivity contribution in [2.75, 3.05) is 11.5 Å². The molecule has 0 spiro atoms. The van der Waals surface area contributed by atoms with Gasteiger partial charge in [0.15, 0.2) is 0 Å². The van der Waals surface area contributed by atoms with Crippen LogP contribution in [0.4, 0.5) is 11.4 Å². The average Bonchev–Trinajstić information content (AvgIpc) is 2.55.